The van der Waals surface area contributed by atoms with Gasteiger partial charge in [-0.15, -0.1) is 13.2 Å². The largest absolute Gasteiger partial charge is 0.573 e. The molecule has 1 aromatic carbocycles. The lowest BCUT2D eigenvalue weighted by atomic mass is 10.1. The van der Waals surface area contributed by atoms with E-state index in [1.807, 2.05) is 0 Å². The zero-order chi connectivity index (χ0) is 15.7. The summed E-state index contributed by atoms with van der Waals surface area (Å²) in [6.45, 7) is 1.14. The fourth-order valence-electron chi connectivity index (χ4n) is 1.37. The molecule has 0 fully saturated rings. The van der Waals surface area contributed by atoms with Gasteiger partial charge in [0.15, 0.2) is 0 Å². The van der Waals surface area contributed by atoms with Crippen LogP contribution in [0.4, 0.5) is 26.3 Å². The molecular formula is C11H7BrF6O2. The lowest BCUT2D eigenvalue weighted by molar-refractivity contribution is -0.276. The van der Waals surface area contributed by atoms with Gasteiger partial charge < -0.3 is 4.74 Å². The second-order valence-corrected chi connectivity index (χ2v) is 4.69. The van der Waals surface area contributed by atoms with E-state index in [0.717, 1.165) is 13.0 Å². The Labute approximate surface area is 117 Å². The van der Waals surface area contributed by atoms with Crippen LogP contribution in [0.5, 0.6) is 5.75 Å². The molecule has 0 aliphatic rings. The monoisotopic (exact) mass is 364 g/mol. The van der Waals surface area contributed by atoms with Gasteiger partial charge in [-0.1, -0.05) is 22.0 Å². The highest BCUT2D eigenvalue weighted by atomic mass is 79.9. The van der Waals surface area contributed by atoms with Gasteiger partial charge >= 0.3 is 12.5 Å². The predicted molar refractivity (Wildman–Crippen MR) is 60.5 cm³/mol. The van der Waals surface area contributed by atoms with Crippen LogP contribution in [0.15, 0.2) is 18.2 Å². The summed E-state index contributed by atoms with van der Waals surface area (Å²) in [6.07, 6.45) is -10.3. The third-order valence-electron chi connectivity index (χ3n) is 2.19. The van der Waals surface area contributed by atoms with Gasteiger partial charge in [-0.25, -0.2) is 0 Å². The fourth-order valence-corrected chi connectivity index (χ4v) is 1.66. The highest BCUT2D eigenvalue weighted by Crippen LogP contribution is 2.40. The average molecular weight is 365 g/mol. The van der Waals surface area contributed by atoms with Gasteiger partial charge in [0.05, 0.1) is 10.4 Å². The number of rotatable bonds is 3. The third kappa shape index (κ3) is 4.39. The summed E-state index contributed by atoms with van der Waals surface area (Å²) in [5.74, 6) is -1.86. The third-order valence-corrected chi connectivity index (χ3v) is 3.36. The molecular weight excluding hydrogens is 358 g/mol. The molecule has 0 radical (unpaired) electrons. The molecule has 0 N–H and O–H groups in total. The van der Waals surface area contributed by atoms with Crippen molar-refractivity contribution in [1.29, 1.82) is 0 Å². The first-order valence-electron chi connectivity index (χ1n) is 5.03. The lowest BCUT2D eigenvalue weighted by Crippen LogP contribution is -2.20. The molecule has 112 valence electrons. The standard InChI is InChI=1S/C11H7BrF6O2/c1-5(19)9(12)6-2-3-7(10(13,14)15)8(4-6)20-11(16,17)18/h2-4,9H,1H3. The maximum Gasteiger partial charge on any atom is 0.573 e. The molecule has 0 saturated carbocycles. The Kier molecular flexibility index (Phi) is 4.73. The first kappa shape index (κ1) is 16.8. The van der Waals surface area contributed by atoms with Gasteiger partial charge in [0.1, 0.15) is 11.5 Å². The van der Waals surface area contributed by atoms with E-state index in [1.54, 1.807) is 0 Å². The second kappa shape index (κ2) is 5.63. The highest BCUT2D eigenvalue weighted by molar-refractivity contribution is 9.09. The number of Topliss-reactive ketones (excluding diaryl/α,β-unsaturated/α-hetero) is 1. The van der Waals surface area contributed by atoms with Gasteiger partial charge in [-0.05, 0) is 24.6 Å². The minimum Gasteiger partial charge on any atom is -0.405 e. The average Bonchev–Trinajstić information content (AvgIpc) is 2.23. The van der Waals surface area contributed by atoms with E-state index in [4.69, 9.17) is 0 Å². The molecule has 20 heavy (non-hydrogen) atoms. The Bertz CT molecular complexity index is 509. The maximum absolute atomic E-state index is 12.6. The molecule has 0 spiro atoms. The van der Waals surface area contributed by atoms with Crippen LogP contribution < -0.4 is 4.74 Å². The minimum absolute atomic E-state index is 0.0650. The van der Waals surface area contributed by atoms with Crippen LogP contribution in [-0.4, -0.2) is 12.1 Å². The Morgan fingerprint density at radius 1 is 1.20 bits per heavy atom. The van der Waals surface area contributed by atoms with Gasteiger partial charge in [0.25, 0.3) is 0 Å². The van der Waals surface area contributed by atoms with Crippen molar-refractivity contribution in [2.45, 2.75) is 24.3 Å². The van der Waals surface area contributed by atoms with Crippen molar-refractivity contribution in [3.63, 3.8) is 0 Å². The van der Waals surface area contributed by atoms with Crippen molar-refractivity contribution in [2.24, 2.45) is 0 Å². The van der Waals surface area contributed by atoms with Crippen molar-refractivity contribution in [1.82, 2.24) is 0 Å². The normalized spacial score (nSPS) is 14.0. The number of carbonyl (C=O) groups is 1. The summed E-state index contributed by atoms with van der Waals surface area (Å²) in [5, 5.41) is 0. The first-order valence-corrected chi connectivity index (χ1v) is 5.95. The maximum atomic E-state index is 12.6. The van der Waals surface area contributed by atoms with Crippen molar-refractivity contribution < 1.29 is 35.9 Å². The molecule has 1 atom stereocenters. The Morgan fingerprint density at radius 2 is 1.75 bits per heavy atom. The van der Waals surface area contributed by atoms with Crippen LogP contribution in [0, 0.1) is 0 Å². The van der Waals surface area contributed by atoms with Crippen molar-refractivity contribution in [3.8, 4) is 5.75 Å². The van der Waals surface area contributed by atoms with Crippen LogP contribution in [0.2, 0.25) is 0 Å². The fraction of sp³-hybridized carbons (Fsp3) is 0.364. The summed E-state index contributed by atoms with van der Waals surface area (Å²) in [5.41, 5.74) is -1.63. The zero-order valence-corrected chi connectivity index (χ0v) is 11.4. The molecule has 0 amide bonds. The van der Waals surface area contributed by atoms with Crippen LogP contribution in [-0.2, 0) is 11.0 Å². The summed E-state index contributed by atoms with van der Waals surface area (Å²) in [6, 6.07) is 1.89. The van der Waals surface area contributed by atoms with E-state index in [1.165, 1.54) is 0 Å². The van der Waals surface area contributed by atoms with Gasteiger partial charge in [-0.2, -0.15) is 13.2 Å². The molecule has 2 nitrogen and oxygen atoms in total. The molecule has 0 aromatic heterocycles. The van der Waals surface area contributed by atoms with Gasteiger partial charge in [0, 0.05) is 0 Å². The Morgan fingerprint density at radius 3 is 2.15 bits per heavy atom. The number of alkyl halides is 7. The second-order valence-electron chi connectivity index (χ2n) is 3.77. The number of halogens is 7. The summed E-state index contributed by atoms with van der Waals surface area (Å²) in [7, 11) is 0. The van der Waals surface area contributed by atoms with E-state index >= 15 is 0 Å². The summed E-state index contributed by atoms with van der Waals surface area (Å²) >= 11 is 2.87. The van der Waals surface area contributed by atoms with Crippen LogP contribution in [0.1, 0.15) is 22.9 Å². The van der Waals surface area contributed by atoms with E-state index in [-0.39, 0.29) is 5.56 Å². The van der Waals surface area contributed by atoms with E-state index in [9.17, 15) is 31.1 Å². The topological polar surface area (TPSA) is 26.3 Å². The van der Waals surface area contributed by atoms with Crippen molar-refractivity contribution >= 4 is 21.7 Å². The molecule has 0 aliphatic carbocycles. The number of ether oxygens (including phenoxy) is 1. The predicted octanol–water partition coefficient (Wildman–Crippen LogP) is 4.63. The smallest absolute Gasteiger partial charge is 0.405 e. The van der Waals surface area contributed by atoms with Crippen LogP contribution in [0.25, 0.3) is 0 Å². The summed E-state index contributed by atoms with van der Waals surface area (Å²) in [4.78, 5) is 10.1. The Balaban J connectivity index is 3.32. The van der Waals surface area contributed by atoms with E-state index in [2.05, 4.69) is 20.7 Å². The van der Waals surface area contributed by atoms with E-state index < -0.39 is 34.5 Å². The first-order chi connectivity index (χ1) is 8.92. The number of hydrogen-bond acceptors (Lipinski definition) is 2. The number of benzene rings is 1. The molecule has 1 unspecified atom stereocenters. The molecule has 0 aliphatic heterocycles. The molecule has 1 rings (SSSR count). The van der Waals surface area contributed by atoms with Crippen molar-refractivity contribution in [3.05, 3.63) is 29.3 Å². The quantitative estimate of drug-likeness (QED) is 0.577. The molecule has 1 aromatic rings. The number of hydrogen-bond donors (Lipinski definition) is 0. The summed E-state index contributed by atoms with van der Waals surface area (Å²) < 4.78 is 77.5. The van der Waals surface area contributed by atoms with Gasteiger partial charge in [-0.3, -0.25) is 4.79 Å². The minimum atomic E-state index is -5.27. The van der Waals surface area contributed by atoms with Crippen molar-refractivity contribution in [2.75, 3.05) is 0 Å². The highest BCUT2D eigenvalue weighted by Gasteiger charge is 2.39. The van der Waals surface area contributed by atoms with Gasteiger partial charge in [0.2, 0.25) is 0 Å². The molecule has 9 heteroatoms. The molecule has 0 heterocycles. The van der Waals surface area contributed by atoms with Crippen LogP contribution in [0.3, 0.4) is 0 Å². The molecule has 0 saturated heterocycles. The zero-order valence-electron chi connectivity index (χ0n) is 9.77. The molecule has 0 bridgehead atoms. The van der Waals surface area contributed by atoms with E-state index in [0.29, 0.717) is 12.1 Å². The number of ketones is 1. The Hall–Kier alpha value is -1.25. The van der Waals surface area contributed by atoms with Crippen LogP contribution >= 0.6 is 15.9 Å². The SMILES string of the molecule is CC(=O)C(Br)c1ccc(C(F)(F)F)c(OC(F)(F)F)c1. The number of carbonyl (C=O) groups excluding carboxylic acids is 1. The lowest BCUT2D eigenvalue weighted by Gasteiger charge is -2.17.